The van der Waals surface area contributed by atoms with Gasteiger partial charge in [0, 0.05) is 11.4 Å². The molecule has 5 heteroatoms. The summed E-state index contributed by atoms with van der Waals surface area (Å²) >= 11 is 1.69. The van der Waals surface area contributed by atoms with Crippen LogP contribution in [0.2, 0.25) is 0 Å². The Hall–Kier alpha value is -1.59. The van der Waals surface area contributed by atoms with Gasteiger partial charge in [0.05, 0.1) is 12.3 Å². The highest BCUT2D eigenvalue weighted by atomic mass is 32.1. The summed E-state index contributed by atoms with van der Waals surface area (Å²) in [4.78, 5) is 15.1. The summed E-state index contributed by atoms with van der Waals surface area (Å²) in [6, 6.07) is 7.64. The monoisotopic (exact) mass is 264 g/mol. The maximum absolute atomic E-state index is 11.8. The van der Waals surface area contributed by atoms with Crippen LogP contribution in [0.4, 0.5) is 0 Å². The Balaban J connectivity index is 1.97. The maximum atomic E-state index is 11.8. The zero-order chi connectivity index (χ0) is 13.0. The van der Waals surface area contributed by atoms with E-state index >= 15 is 0 Å². The molecule has 1 atom stereocenters. The predicted octanol–water partition coefficient (Wildman–Crippen LogP) is 2.37. The molecular formula is C13H16N2O2S. The number of amides is 1. The second-order valence-corrected chi connectivity index (χ2v) is 5.16. The topological polar surface area (TPSA) is 45.5 Å². The summed E-state index contributed by atoms with van der Waals surface area (Å²) in [7, 11) is 4.01. The fraction of sp³-hybridized carbons (Fsp3) is 0.308. The number of thiophene rings is 1. The van der Waals surface area contributed by atoms with Gasteiger partial charge in [-0.25, -0.2) is 0 Å². The van der Waals surface area contributed by atoms with E-state index < -0.39 is 0 Å². The summed E-state index contributed by atoms with van der Waals surface area (Å²) in [5, 5.41) is 4.93. The van der Waals surface area contributed by atoms with E-state index in [1.807, 2.05) is 25.5 Å². The number of hydrogen-bond donors (Lipinski definition) is 1. The van der Waals surface area contributed by atoms with Gasteiger partial charge in [-0.05, 0) is 37.7 Å². The minimum Gasteiger partial charge on any atom is -0.459 e. The first-order chi connectivity index (χ1) is 8.68. The highest BCUT2D eigenvalue weighted by Crippen LogP contribution is 2.22. The highest BCUT2D eigenvalue weighted by Gasteiger charge is 2.17. The van der Waals surface area contributed by atoms with Crippen LogP contribution in [-0.4, -0.2) is 31.4 Å². The van der Waals surface area contributed by atoms with E-state index in [4.69, 9.17) is 4.42 Å². The Bertz CT molecular complexity index is 477. The molecule has 2 heterocycles. The van der Waals surface area contributed by atoms with Gasteiger partial charge in [0.2, 0.25) is 0 Å². The predicted molar refractivity (Wildman–Crippen MR) is 71.8 cm³/mol. The molecule has 0 aliphatic carbocycles. The van der Waals surface area contributed by atoms with Crippen LogP contribution < -0.4 is 5.32 Å². The van der Waals surface area contributed by atoms with Gasteiger partial charge in [-0.1, -0.05) is 6.07 Å². The molecular weight excluding hydrogens is 248 g/mol. The van der Waals surface area contributed by atoms with Crippen LogP contribution in [0.5, 0.6) is 0 Å². The number of nitrogens with zero attached hydrogens (tertiary/aromatic N) is 1. The molecule has 1 N–H and O–H groups in total. The lowest BCUT2D eigenvalue weighted by Gasteiger charge is -2.23. The number of carbonyl (C=O) groups is 1. The van der Waals surface area contributed by atoms with Crippen molar-refractivity contribution in [2.24, 2.45) is 0 Å². The van der Waals surface area contributed by atoms with E-state index in [9.17, 15) is 4.79 Å². The number of likely N-dealkylation sites (N-methyl/N-ethyl adjacent to an activating group) is 1. The molecule has 0 radical (unpaired) electrons. The van der Waals surface area contributed by atoms with Gasteiger partial charge >= 0.3 is 0 Å². The fourth-order valence-electron chi connectivity index (χ4n) is 1.70. The lowest BCUT2D eigenvalue weighted by Crippen LogP contribution is -2.34. The molecule has 0 bridgehead atoms. The third-order valence-corrected chi connectivity index (χ3v) is 3.67. The summed E-state index contributed by atoms with van der Waals surface area (Å²) in [5.74, 6) is 0.169. The largest absolute Gasteiger partial charge is 0.459 e. The molecule has 0 aliphatic rings. The molecule has 0 fully saturated rings. The molecule has 1 amide bonds. The summed E-state index contributed by atoms with van der Waals surface area (Å²) < 4.78 is 5.06. The summed E-state index contributed by atoms with van der Waals surface area (Å²) in [6.45, 7) is 0.563. The van der Waals surface area contributed by atoms with Crippen LogP contribution >= 0.6 is 11.3 Å². The van der Waals surface area contributed by atoms with Crippen LogP contribution in [0, 0.1) is 0 Å². The Morgan fingerprint density at radius 1 is 1.44 bits per heavy atom. The first-order valence-corrected chi connectivity index (χ1v) is 6.58. The molecule has 0 aliphatic heterocycles. The minimum atomic E-state index is -0.177. The standard InChI is InChI=1S/C13H16N2O2S/c1-15(2)10(12-6-4-8-18-12)9-14-13(16)11-5-3-7-17-11/h3-8,10H,9H2,1-2H3,(H,14,16)/t10-/m1/s1. The average molecular weight is 264 g/mol. The van der Waals surface area contributed by atoms with Crippen LogP contribution in [0.25, 0.3) is 0 Å². The van der Waals surface area contributed by atoms with Crippen molar-refractivity contribution in [3.8, 4) is 0 Å². The van der Waals surface area contributed by atoms with E-state index in [-0.39, 0.29) is 11.9 Å². The van der Waals surface area contributed by atoms with Crippen molar-refractivity contribution >= 4 is 17.2 Å². The molecule has 0 unspecified atom stereocenters. The van der Waals surface area contributed by atoms with Gasteiger partial charge in [-0.2, -0.15) is 0 Å². The lowest BCUT2D eigenvalue weighted by molar-refractivity contribution is 0.0914. The fourth-order valence-corrected chi connectivity index (χ4v) is 2.63. The smallest absolute Gasteiger partial charge is 0.287 e. The van der Waals surface area contributed by atoms with Crippen molar-refractivity contribution < 1.29 is 9.21 Å². The molecule has 0 saturated carbocycles. The molecule has 2 aromatic rings. The molecule has 96 valence electrons. The summed E-state index contributed by atoms with van der Waals surface area (Å²) in [5.41, 5.74) is 0. The van der Waals surface area contributed by atoms with Crippen molar-refractivity contribution in [2.45, 2.75) is 6.04 Å². The highest BCUT2D eigenvalue weighted by molar-refractivity contribution is 7.10. The van der Waals surface area contributed by atoms with Crippen molar-refractivity contribution in [3.63, 3.8) is 0 Å². The van der Waals surface area contributed by atoms with Gasteiger partial charge in [-0.15, -0.1) is 11.3 Å². The van der Waals surface area contributed by atoms with Gasteiger partial charge in [0.15, 0.2) is 5.76 Å². The minimum absolute atomic E-state index is 0.177. The Labute approximate surface area is 110 Å². The van der Waals surface area contributed by atoms with E-state index in [0.717, 1.165) is 0 Å². The molecule has 0 aromatic carbocycles. The van der Waals surface area contributed by atoms with Crippen LogP contribution in [0.3, 0.4) is 0 Å². The van der Waals surface area contributed by atoms with E-state index in [1.165, 1.54) is 11.1 Å². The normalized spacial score (nSPS) is 12.6. The number of furan rings is 1. The van der Waals surface area contributed by atoms with Gasteiger partial charge < -0.3 is 14.6 Å². The van der Waals surface area contributed by atoms with Gasteiger partial charge in [-0.3, -0.25) is 4.79 Å². The first-order valence-electron chi connectivity index (χ1n) is 5.70. The molecule has 18 heavy (non-hydrogen) atoms. The third-order valence-electron chi connectivity index (χ3n) is 2.70. The second-order valence-electron chi connectivity index (χ2n) is 4.18. The maximum Gasteiger partial charge on any atom is 0.287 e. The van der Waals surface area contributed by atoms with Crippen molar-refractivity contribution in [1.29, 1.82) is 0 Å². The molecule has 4 nitrogen and oxygen atoms in total. The second kappa shape index (κ2) is 5.84. The first kappa shape index (κ1) is 12.9. The molecule has 2 rings (SSSR count). The number of carbonyl (C=O) groups excluding carboxylic acids is 1. The third kappa shape index (κ3) is 3.00. The van der Waals surface area contributed by atoms with Gasteiger partial charge in [0.1, 0.15) is 0 Å². The van der Waals surface area contributed by atoms with Crippen molar-refractivity contribution in [3.05, 3.63) is 46.5 Å². The van der Waals surface area contributed by atoms with Crippen molar-refractivity contribution in [2.75, 3.05) is 20.6 Å². The quantitative estimate of drug-likeness (QED) is 0.901. The Kier molecular flexibility index (Phi) is 4.17. The Morgan fingerprint density at radius 3 is 2.83 bits per heavy atom. The number of rotatable bonds is 5. The number of nitrogens with one attached hydrogen (secondary N) is 1. The lowest BCUT2D eigenvalue weighted by atomic mass is 10.2. The zero-order valence-electron chi connectivity index (χ0n) is 10.4. The average Bonchev–Trinajstić information content (AvgIpc) is 3.01. The van der Waals surface area contributed by atoms with Gasteiger partial charge in [0.25, 0.3) is 5.91 Å². The van der Waals surface area contributed by atoms with Crippen molar-refractivity contribution in [1.82, 2.24) is 10.2 Å². The zero-order valence-corrected chi connectivity index (χ0v) is 11.2. The van der Waals surface area contributed by atoms with Crippen LogP contribution in [-0.2, 0) is 0 Å². The molecule has 2 aromatic heterocycles. The molecule has 0 saturated heterocycles. The summed E-state index contributed by atoms with van der Waals surface area (Å²) in [6.07, 6.45) is 1.50. The number of hydrogen-bond acceptors (Lipinski definition) is 4. The Morgan fingerprint density at radius 2 is 2.28 bits per heavy atom. The van der Waals surface area contributed by atoms with Crippen LogP contribution in [0.15, 0.2) is 40.3 Å². The van der Waals surface area contributed by atoms with Crippen LogP contribution in [0.1, 0.15) is 21.5 Å². The van der Waals surface area contributed by atoms with E-state index in [2.05, 4.69) is 16.3 Å². The molecule has 0 spiro atoms. The van der Waals surface area contributed by atoms with E-state index in [0.29, 0.717) is 12.3 Å². The van der Waals surface area contributed by atoms with E-state index in [1.54, 1.807) is 23.5 Å². The SMILES string of the molecule is CN(C)[C@H](CNC(=O)c1ccco1)c1cccs1.